The number of nitrogens with one attached hydrogen (secondary N) is 1. The molecule has 0 saturated carbocycles. The highest BCUT2D eigenvalue weighted by Gasteiger charge is 2.38. The van der Waals surface area contributed by atoms with Crippen LogP contribution in [0, 0.1) is 18.3 Å². The fourth-order valence-electron chi connectivity index (χ4n) is 3.35. The summed E-state index contributed by atoms with van der Waals surface area (Å²) in [6.45, 7) is 5.56. The Labute approximate surface area is 211 Å². The summed E-state index contributed by atoms with van der Waals surface area (Å²) in [5.74, 6) is -3.96. The molecule has 2 aromatic carbocycles. The molecule has 1 aliphatic heterocycles. The van der Waals surface area contributed by atoms with Crippen LogP contribution in [0.5, 0.6) is 0 Å². The van der Waals surface area contributed by atoms with Crippen LogP contribution in [0.15, 0.2) is 47.4 Å². The number of aromatic carboxylic acids is 1. The number of alkyl halides is 3. The van der Waals surface area contributed by atoms with E-state index in [1.54, 1.807) is 18.2 Å². The van der Waals surface area contributed by atoms with Gasteiger partial charge in [-0.1, -0.05) is 17.7 Å². The molecule has 2 aromatic rings. The fraction of sp³-hybridized carbons (Fsp3) is 0.348. The van der Waals surface area contributed by atoms with Gasteiger partial charge in [0.25, 0.3) is 10.0 Å². The normalized spacial score (nSPS) is 14.2. The Morgan fingerprint density at radius 2 is 1.62 bits per heavy atom. The van der Waals surface area contributed by atoms with E-state index in [2.05, 4.69) is 20.6 Å². The maximum absolute atomic E-state index is 12.7. The molecule has 0 aromatic heterocycles. The van der Waals surface area contributed by atoms with E-state index >= 15 is 0 Å². The van der Waals surface area contributed by atoms with E-state index in [0.717, 1.165) is 30.9 Å². The van der Waals surface area contributed by atoms with Gasteiger partial charge in [0.05, 0.1) is 22.2 Å². The van der Waals surface area contributed by atoms with Gasteiger partial charge in [0.1, 0.15) is 0 Å². The first-order chi connectivity index (χ1) is 17.2. The number of carbonyl (C=O) groups is 2. The lowest BCUT2D eigenvalue weighted by molar-refractivity contribution is -0.192. The number of aliphatic carboxylic acids is 1. The molecule has 1 saturated heterocycles. The van der Waals surface area contributed by atoms with Gasteiger partial charge in [-0.15, -0.1) is 0 Å². The van der Waals surface area contributed by atoms with E-state index in [9.17, 15) is 31.5 Å². The van der Waals surface area contributed by atoms with Crippen LogP contribution in [-0.4, -0.2) is 74.4 Å². The number of nitrogens with zero attached hydrogens (tertiary/aromatic N) is 3. The molecule has 0 spiro atoms. The van der Waals surface area contributed by atoms with Crippen molar-refractivity contribution in [3.8, 4) is 6.07 Å². The minimum Gasteiger partial charge on any atom is -0.478 e. The number of carboxylic acid groups (broad SMARTS) is 2. The summed E-state index contributed by atoms with van der Waals surface area (Å²) in [4.78, 5) is 25.0. The predicted molar refractivity (Wildman–Crippen MR) is 128 cm³/mol. The molecular formula is C23H25F3N4O6S. The van der Waals surface area contributed by atoms with Crippen LogP contribution in [0.4, 0.5) is 24.5 Å². The van der Waals surface area contributed by atoms with Crippen molar-refractivity contribution in [2.75, 3.05) is 42.3 Å². The molecule has 0 radical (unpaired) electrons. The number of anilines is 2. The summed E-state index contributed by atoms with van der Waals surface area (Å²) in [5, 5.41) is 25.5. The predicted octanol–water partition coefficient (Wildman–Crippen LogP) is 3.16. The van der Waals surface area contributed by atoms with Gasteiger partial charge in [0.2, 0.25) is 0 Å². The van der Waals surface area contributed by atoms with Crippen molar-refractivity contribution >= 4 is 33.3 Å². The Bertz CT molecular complexity index is 1250. The van der Waals surface area contributed by atoms with Crippen molar-refractivity contribution < 1.29 is 41.4 Å². The van der Waals surface area contributed by atoms with Gasteiger partial charge in [-0.05, 0) is 37.3 Å². The quantitative estimate of drug-likeness (QED) is 0.479. The number of sulfonamides is 1. The monoisotopic (exact) mass is 542 g/mol. The number of carboxylic acids is 2. The Morgan fingerprint density at radius 3 is 2.11 bits per heavy atom. The van der Waals surface area contributed by atoms with Crippen LogP contribution in [-0.2, 0) is 14.8 Å². The Hall–Kier alpha value is -3.83. The van der Waals surface area contributed by atoms with E-state index in [1.807, 2.05) is 6.92 Å². The zero-order valence-corrected chi connectivity index (χ0v) is 20.5. The third kappa shape index (κ3) is 8.65. The van der Waals surface area contributed by atoms with E-state index in [4.69, 9.17) is 15.2 Å². The van der Waals surface area contributed by atoms with Crippen LogP contribution in [0.25, 0.3) is 0 Å². The van der Waals surface area contributed by atoms with Gasteiger partial charge >= 0.3 is 18.1 Å². The number of benzene rings is 2. The number of hydrogen-bond donors (Lipinski definition) is 3. The fourth-order valence-corrected chi connectivity index (χ4v) is 4.43. The molecule has 0 aliphatic carbocycles. The number of aryl methyl sites for hydroxylation is 1. The average Bonchev–Trinajstić information content (AvgIpc) is 2.83. The summed E-state index contributed by atoms with van der Waals surface area (Å²) < 4.78 is 59.4. The van der Waals surface area contributed by atoms with Crippen LogP contribution in [0.3, 0.4) is 0 Å². The van der Waals surface area contributed by atoms with Gasteiger partial charge in [0, 0.05) is 44.8 Å². The molecule has 0 amide bonds. The zero-order chi connectivity index (χ0) is 27.8. The van der Waals surface area contributed by atoms with Crippen molar-refractivity contribution in [2.24, 2.45) is 0 Å². The number of nitriles is 1. The molecule has 10 nitrogen and oxygen atoms in total. The van der Waals surface area contributed by atoms with Crippen LogP contribution >= 0.6 is 0 Å². The highest BCUT2D eigenvalue weighted by Crippen LogP contribution is 2.27. The molecule has 0 atom stereocenters. The standard InChI is InChI=1S/C21H24N4O4S.C2HF3O2/c1-16-3-6-18(7-4-16)30(28,29)23-20-8-5-17(15-19(20)21(26)27)25-13-11-24(12-14-25)10-2-9-22;3-2(4,5)1(6)7/h3-8,15,23H,2,10-14H2,1H3,(H,26,27);(H,6,7). The number of piperazine rings is 1. The molecule has 3 N–H and O–H groups in total. The second-order valence-electron chi connectivity index (χ2n) is 7.99. The first-order valence-corrected chi connectivity index (χ1v) is 12.3. The first-order valence-electron chi connectivity index (χ1n) is 10.9. The first kappa shape index (κ1) is 29.4. The molecule has 1 heterocycles. The molecule has 37 heavy (non-hydrogen) atoms. The topological polar surface area (TPSA) is 151 Å². The molecule has 0 bridgehead atoms. The summed E-state index contributed by atoms with van der Waals surface area (Å²) in [6.07, 6.45) is -4.60. The Morgan fingerprint density at radius 1 is 1.05 bits per heavy atom. The van der Waals surface area contributed by atoms with Crippen LogP contribution in [0.2, 0.25) is 0 Å². The summed E-state index contributed by atoms with van der Waals surface area (Å²) >= 11 is 0. The third-order valence-corrected chi connectivity index (χ3v) is 6.71. The lowest BCUT2D eigenvalue weighted by Gasteiger charge is -2.36. The van der Waals surface area contributed by atoms with Gasteiger partial charge < -0.3 is 15.1 Å². The lowest BCUT2D eigenvalue weighted by atomic mass is 10.1. The molecule has 14 heteroatoms. The van der Waals surface area contributed by atoms with Crippen molar-refractivity contribution in [3.05, 3.63) is 53.6 Å². The molecule has 0 unspecified atom stereocenters. The average molecular weight is 543 g/mol. The number of hydrogen-bond acceptors (Lipinski definition) is 7. The van der Waals surface area contributed by atoms with Crippen molar-refractivity contribution in [3.63, 3.8) is 0 Å². The summed E-state index contributed by atoms with van der Waals surface area (Å²) in [7, 11) is -3.90. The van der Waals surface area contributed by atoms with E-state index in [0.29, 0.717) is 19.5 Å². The number of rotatable bonds is 7. The lowest BCUT2D eigenvalue weighted by Crippen LogP contribution is -2.46. The van der Waals surface area contributed by atoms with Crippen molar-refractivity contribution in [2.45, 2.75) is 24.4 Å². The van der Waals surface area contributed by atoms with Crippen molar-refractivity contribution in [1.82, 2.24) is 4.90 Å². The summed E-state index contributed by atoms with van der Waals surface area (Å²) in [6, 6.07) is 13.2. The Kier molecular flexibility index (Phi) is 9.87. The van der Waals surface area contributed by atoms with E-state index in [-0.39, 0.29) is 16.1 Å². The minimum absolute atomic E-state index is 0.0273. The second-order valence-corrected chi connectivity index (χ2v) is 9.68. The van der Waals surface area contributed by atoms with Gasteiger partial charge in [0.15, 0.2) is 0 Å². The minimum atomic E-state index is -5.08. The van der Waals surface area contributed by atoms with Crippen molar-refractivity contribution in [1.29, 1.82) is 5.26 Å². The maximum atomic E-state index is 12.7. The second kappa shape index (κ2) is 12.4. The SMILES string of the molecule is Cc1ccc(S(=O)(=O)Nc2ccc(N3CCN(CCC#N)CC3)cc2C(=O)O)cc1.O=C(O)C(F)(F)F. The summed E-state index contributed by atoms with van der Waals surface area (Å²) in [5.41, 5.74) is 1.58. The molecule has 1 aliphatic rings. The third-order valence-electron chi connectivity index (χ3n) is 5.33. The Balaban J connectivity index is 0.000000604. The molecule has 200 valence electrons. The van der Waals surface area contributed by atoms with Crippen LogP contribution < -0.4 is 9.62 Å². The maximum Gasteiger partial charge on any atom is 0.490 e. The van der Waals surface area contributed by atoms with Crippen LogP contribution in [0.1, 0.15) is 22.3 Å². The van der Waals surface area contributed by atoms with Gasteiger partial charge in [-0.3, -0.25) is 9.62 Å². The van der Waals surface area contributed by atoms with Gasteiger partial charge in [-0.2, -0.15) is 18.4 Å². The zero-order valence-electron chi connectivity index (χ0n) is 19.7. The largest absolute Gasteiger partial charge is 0.490 e. The highest BCUT2D eigenvalue weighted by atomic mass is 32.2. The van der Waals surface area contributed by atoms with E-state index < -0.39 is 28.1 Å². The number of halogens is 3. The highest BCUT2D eigenvalue weighted by molar-refractivity contribution is 7.92. The van der Waals surface area contributed by atoms with Gasteiger partial charge in [-0.25, -0.2) is 18.0 Å². The van der Waals surface area contributed by atoms with E-state index in [1.165, 1.54) is 24.3 Å². The molecule has 3 rings (SSSR count). The smallest absolute Gasteiger partial charge is 0.478 e. The molecular weight excluding hydrogens is 517 g/mol. The molecule has 1 fully saturated rings.